The third-order valence-corrected chi connectivity index (χ3v) is 5.35. The van der Waals surface area contributed by atoms with Crippen molar-refractivity contribution in [3.8, 4) is 0 Å². The predicted molar refractivity (Wildman–Crippen MR) is 113 cm³/mol. The molecule has 1 fully saturated rings. The molecule has 0 radical (unpaired) electrons. The number of benzene rings is 2. The van der Waals surface area contributed by atoms with E-state index in [2.05, 4.69) is 5.32 Å². The van der Waals surface area contributed by atoms with Crippen molar-refractivity contribution in [2.24, 2.45) is 0 Å². The number of imide groups is 1. The zero-order valence-corrected chi connectivity index (χ0v) is 17.1. The lowest BCUT2D eigenvalue weighted by atomic mass is 10.1. The third-order valence-electron chi connectivity index (χ3n) is 5.00. The fourth-order valence-electron chi connectivity index (χ4n) is 3.36. The van der Waals surface area contributed by atoms with Gasteiger partial charge in [-0.15, -0.1) is 0 Å². The predicted octanol–water partition coefficient (Wildman–Crippen LogP) is 2.90. The van der Waals surface area contributed by atoms with Crippen LogP contribution in [0.5, 0.6) is 0 Å². The van der Waals surface area contributed by atoms with Crippen LogP contribution in [0, 0.1) is 6.92 Å². The van der Waals surface area contributed by atoms with Crippen LogP contribution in [0.3, 0.4) is 0 Å². The molecule has 0 spiro atoms. The average molecular weight is 426 g/mol. The van der Waals surface area contributed by atoms with E-state index in [1.807, 2.05) is 19.1 Å². The van der Waals surface area contributed by atoms with Crippen LogP contribution in [-0.4, -0.2) is 48.9 Å². The Labute approximate surface area is 178 Å². The first-order chi connectivity index (χ1) is 14.5. The quantitative estimate of drug-likeness (QED) is 0.762. The second-order valence-electron chi connectivity index (χ2n) is 7.08. The zero-order chi connectivity index (χ0) is 21.3. The standard InChI is InChI=1S/C22H20ClN3O4/c1-14-5-7-17(8-6-14)26-21(28)18(23)19(22(26)29)24-16-4-2-3-15(13-16)20(27)25-9-11-30-12-10-25/h2-8,13,24H,9-12H2,1H3. The van der Waals surface area contributed by atoms with Crippen LogP contribution in [0.4, 0.5) is 11.4 Å². The van der Waals surface area contributed by atoms with Crippen molar-refractivity contribution in [2.75, 3.05) is 36.5 Å². The molecule has 2 heterocycles. The molecule has 0 aromatic heterocycles. The minimum Gasteiger partial charge on any atom is -0.378 e. The monoisotopic (exact) mass is 425 g/mol. The molecular weight excluding hydrogens is 406 g/mol. The summed E-state index contributed by atoms with van der Waals surface area (Å²) in [6, 6.07) is 13.8. The fraction of sp³-hybridized carbons (Fsp3) is 0.227. The highest BCUT2D eigenvalue weighted by atomic mass is 35.5. The molecule has 7 nitrogen and oxygen atoms in total. The van der Waals surface area contributed by atoms with Crippen LogP contribution in [-0.2, 0) is 14.3 Å². The summed E-state index contributed by atoms with van der Waals surface area (Å²) in [7, 11) is 0. The molecule has 0 unspecified atom stereocenters. The van der Waals surface area contributed by atoms with Crippen molar-refractivity contribution in [1.82, 2.24) is 4.90 Å². The summed E-state index contributed by atoms with van der Waals surface area (Å²) in [5.74, 6) is -1.25. The van der Waals surface area contributed by atoms with Crippen molar-refractivity contribution < 1.29 is 19.1 Å². The minimum absolute atomic E-state index is 0.0155. The first-order valence-corrected chi connectivity index (χ1v) is 9.93. The topological polar surface area (TPSA) is 79.0 Å². The van der Waals surface area contributed by atoms with E-state index < -0.39 is 11.8 Å². The Kier molecular flexibility index (Phi) is 5.57. The van der Waals surface area contributed by atoms with Gasteiger partial charge in [0.05, 0.1) is 18.9 Å². The average Bonchev–Trinajstić information content (AvgIpc) is 2.98. The van der Waals surface area contributed by atoms with Gasteiger partial charge in [-0.3, -0.25) is 14.4 Å². The normalized spacial score (nSPS) is 17.0. The number of hydrogen-bond donors (Lipinski definition) is 1. The van der Waals surface area contributed by atoms with Gasteiger partial charge < -0.3 is 15.0 Å². The number of carbonyl (C=O) groups is 3. The Morgan fingerprint density at radius 1 is 1.03 bits per heavy atom. The number of halogens is 1. The number of aryl methyl sites for hydroxylation is 1. The number of rotatable bonds is 4. The highest BCUT2D eigenvalue weighted by molar-refractivity contribution is 6.53. The van der Waals surface area contributed by atoms with Gasteiger partial charge in [0, 0.05) is 24.3 Å². The van der Waals surface area contributed by atoms with Crippen LogP contribution in [0.2, 0.25) is 0 Å². The molecule has 1 N–H and O–H groups in total. The van der Waals surface area contributed by atoms with E-state index in [9.17, 15) is 14.4 Å². The van der Waals surface area contributed by atoms with Crippen molar-refractivity contribution in [3.63, 3.8) is 0 Å². The summed E-state index contributed by atoms with van der Waals surface area (Å²) in [5.41, 5.74) is 2.41. The maximum absolute atomic E-state index is 12.9. The first kappa shape index (κ1) is 20.1. The molecule has 3 amide bonds. The number of hydrogen-bond acceptors (Lipinski definition) is 5. The van der Waals surface area contributed by atoms with E-state index in [-0.39, 0.29) is 16.6 Å². The summed E-state index contributed by atoms with van der Waals surface area (Å²) in [4.78, 5) is 40.9. The van der Waals surface area contributed by atoms with Crippen LogP contribution in [0.25, 0.3) is 0 Å². The number of ether oxygens (including phenoxy) is 1. The van der Waals surface area contributed by atoms with E-state index in [1.165, 1.54) is 0 Å². The lowest BCUT2D eigenvalue weighted by Gasteiger charge is -2.27. The van der Waals surface area contributed by atoms with Crippen molar-refractivity contribution in [1.29, 1.82) is 0 Å². The Morgan fingerprint density at radius 3 is 2.43 bits per heavy atom. The lowest BCUT2D eigenvalue weighted by Crippen LogP contribution is -2.40. The van der Waals surface area contributed by atoms with Gasteiger partial charge in [-0.25, -0.2) is 4.90 Å². The molecule has 1 saturated heterocycles. The number of carbonyl (C=O) groups excluding carboxylic acids is 3. The lowest BCUT2D eigenvalue weighted by molar-refractivity contribution is -0.120. The molecule has 2 aromatic rings. The van der Waals surface area contributed by atoms with Crippen LogP contribution >= 0.6 is 11.6 Å². The molecule has 0 bridgehead atoms. The number of nitrogens with zero attached hydrogens (tertiary/aromatic N) is 2. The third kappa shape index (κ3) is 3.81. The van der Waals surface area contributed by atoms with E-state index in [0.717, 1.165) is 10.5 Å². The first-order valence-electron chi connectivity index (χ1n) is 9.55. The second kappa shape index (κ2) is 8.30. The van der Waals surface area contributed by atoms with Gasteiger partial charge in [0.15, 0.2) is 0 Å². The molecule has 2 aliphatic heterocycles. The van der Waals surface area contributed by atoms with Crippen molar-refractivity contribution in [3.05, 3.63) is 70.4 Å². The molecule has 4 rings (SSSR count). The highest BCUT2D eigenvalue weighted by Gasteiger charge is 2.39. The number of morpholine rings is 1. The van der Waals surface area contributed by atoms with Gasteiger partial charge in [-0.1, -0.05) is 35.4 Å². The Morgan fingerprint density at radius 2 is 1.73 bits per heavy atom. The van der Waals surface area contributed by atoms with Gasteiger partial charge >= 0.3 is 0 Å². The van der Waals surface area contributed by atoms with Gasteiger partial charge in [0.1, 0.15) is 10.7 Å². The second-order valence-corrected chi connectivity index (χ2v) is 7.46. The summed E-state index contributed by atoms with van der Waals surface area (Å²) in [5, 5.41) is 2.73. The van der Waals surface area contributed by atoms with E-state index in [0.29, 0.717) is 43.2 Å². The number of anilines is 2. The van der Waals surface area contributed by atoms with Crippen molar-refractivity contribution in [2.45, 2.75) is 6.92 Å². The zero-order valence-electron chi connectivity index (χ0n) is 16.4. The van der Waals surface area contributed by atoms with Crippen LogP contribution < -0.4 is 10.2 Å². The molecule has 8 heteroatoms. The van der Waals surface area contributed by atoms with E-state index in [4.69, 9.17) is 16.3 Å². The minimum atomic E-state index is -0.589. The molecular formula is C22H20ClN3O4. The molecule has 2 aromatic carbocycles. The van der Waals surface area contributed by atoms with E-state index in [1.54, 1.807) is 41.3 Å². The number of amides is 3. The molecule has 0 aliphatic carbocycles. The smallest absolute Gasteiger partial charge is 0.283 e. The maximum atomic E-state index is 12.9. The van der Waals surface area contributed by atoms with Crippen LogP contribution in [0.15, 0.2) is 59.3 Å². The van der Waals surface area contributed by atoms with E-state index >= 15 is 0 Å². The Hall–Kier alpha value is -3.16. The number of nitrogens with one attached hydrogen (secondary N) is 1. The maximum Gasteiger partial charge on any atom is 0.283 e. The largest absolute Gasteiger partial charge is 0.378 e. The highest BCUT2D eigenvalue weighted by Crippen LogP contribution is 2.30. The SMILES string of the molecule is Cc1ccc(N2C(=O)C(Cl)=C(Nc3cccc(C(=O)N4CCOCC4)c3)C2=O)cc1. The Bertz CT molecular complexity index is 1040. The van der Waals surface area contributed by atoms with Gasteiger partial charge in [0.25, 0.3) is 17.7 Å². The molecule has 0 atom stereocenters. The Balaban J connectivity index is 1.55. The van der Waals surface area contributed by atoms with Gasteiger partial charge in [-0.2, -0.15) is 0 Å². The van der Waals surface area contributed by atoms with Crippen molar-refractivity contribution >= 4 is 40.7 Å². The summed E-state index contributed by atoms with van der Waals surface area (Å²) >= 11 is 6.19. The molecule has 2 aliphatic rings. The summed E-state index contributed by atoms with van der Waals surface area (Å²) in [6.45, 7) is 4.01. The van der Waals surface area contributed by atoms with Gasteiger partial charge in [-0.05, 0) is 37.3 Å². The summed E-state index contributed by atoms with van der Waals surface area (Å²) < 4.78 is 5.28. The summed E-state index contributed by atoms with van der Waals surface area (Å²) in [6.07, 6.45) is 0. The molecule has 154 valence electrons. The van der Waals surface area contributed by atoms with Crippen LogP contribution in [0.1, 0.15) is 15.9 Å². The molecule has 30 heavy (non-hydrogen) atoms. The molecule has 0 saturated carbocycles. The fourth-order valence-corrected chi connectivity index (χ4v) is 3.58. The van der Waals surface area contributed by atoms with Gasteiger partial charge in [0.2, 0.25) is 0 Å².